The number of aliphatic imine (C=N–C) groups is 1. The van der Waals surface area contributed by atoms with E-state index in [0.29, 0.717) is 5.96 Å². The lowest BCUT2D eigenvalue weighted by molar-refractivity contribution is -0.127. The number of guanidine groups is 1. The number of carbonyl (C=O) groups excluding carboxylic acids is 1. The molecule has 7 nitrogen and oxygen atoms in total. The number of rotatable bonds is 9. The lowest BCUT2D eigenvalue weighted by Crippen LogP contribution is -2.40. The number of aryl methyl sites for hydroxylation is 2. The van der Waals surface area contributed by atoms with Crippen molar-refractivity contribution in [1.82, 2.24) is 25.1 Å². The van der Waals surface area contributed by atoms with Crippen LogP contribution in [0, 0.1) is 6.92 Å². The van der Waals surface area contributed by atoms with Gasteiger partial charge in [-0.25, -0.2) is 9.98 Å². The Bertz CT molecular complexity index is 777. The zero-order chi connectivity index (χ0) is 19.6. The van der Waals surface area contributed by atoms with Crippen LogP contribution in [-0.4, -0.2) is 72.1 Å². The number of aromatic nitrogens is 2. The summed E-state index contributed by atoms with van der Waals surface area (Å²) in [6, 6.07) is 8.20. The van der Waals surface area contributed by atoms with Gasteiger partial charge < -0.3 is 20.1 Å². The number of thioether (sulfide) groups is 1. The van der Waals surface area contributed by atoms with Crippen molar-refractivity contribution in [2.24, 2.45) is 4.99 Å². The number of amides is 1. The zero-order valence-corrected chi connectivity index (χ0v) is 20.2. The molecule has 0 fully saturated rings. The SMILES string of the molecule is CSCCNC(=NCC(=O)N(C)C)NCCCn1c(C)nc2ccccc21.I. The van der Waals surface area contributed by atoms with Crippen molar-refractivity contribution in [2.75, 3.05) is 45.7 Å². The second-order valence-electron chi connectivity index (χ2n) is 6.45. The molecule has 0 aliphatic carbocycles. The number of fused-ring (bicyclic) bond motifs is 1. The Morgan fingerprint density at radius 2 is 1.96 bits per heavy atom. The number of benzene rings is 1. The summed E-state index contributed by atoms with van der Waals surface area (Å²) in [6.07, 6.45) is 3.01. The number of halogens is 1. The van der Waals surface area contributed by atoms with Gasteiger partial charge in [0.05, 0.1) is 11.0 Å². The van der Waals surface area contributed by atoms with Crippen molar-refractivity contribution in [3.05, 3.63) is 30.1 Å². The number of imidazole rings is 1. The Balaban J connectivity index is 0.00000392. The van der Waals surface area contributed by atoms with E-state index in [2.05, 4.69) is 37.5 Å². The predicted molar refractivity (Wildman–Crippen MR) is 130 cm³/mol. The number of para-hydroxylation sites is 2. The van der Waals surface area contributed by atoms with Crippen molar-refractivity contribution < 1.29 is 4.79 Å². The predicted octanol–water partition coefficient (Wildman–Crippen LogP) is 2.34. The zero-order valence-electron chi connectivity index (χ0n) is 17.1. The molecule has 0 atom stereocenters. The highest BCUT2D eigenvalue weighted by Gasteiger charge is 2.07. The molecule has 0 aliphatic heterocycles. The van der Waals surface area contributed by atoms with E-state index < -0.39 is 0 Å². The van der Waals surface area contributed by atoms with Gasteiger partial charge in [-0.05, 0) is 31.7 Å². The number of nitrogens with zero attached hydrogens (tertiary/aromatic N) is 4. The maximum Gasteiger partial charge on any atom is 0.243 e. The molecule has 28 heavy (non-hydrogen) atoms. The van der Waals surface area contributed by atoms with Gasteiger partial charge in [0.25, 0.3) is 0 Å². The van der Waals surface area contributed by atoms with Crippen LogP contribution in [0.25, 0.3) is 11.0 Å². The van der Waals surface area contributed by atoms with Crippen LogP contribution in [0.5, 0.6) is 0 Å². The molecule has 1 aromatic carbocycles. The van der Waals surface area contributed by atoms with Gasteiger partial charge in [-0.15, -0.1) is 24.0 Å². The Kier molecular flexibility index (Phi) is 11.3. The molecule has 0 unspecified atom stereocenters. The molecule has 1 aromatic heterocycles. The van der Waals surface area contributed by atoms with Crippen molar-refractivity contribution in [1.29, 1.82) is 0 Å². The average molecular weight is 518 g/mol. The molecule has 0 radical (unpaired) electrons. The normalized spacial score (nSPS) is 11.2. The summed E-state index contributed by atoms with van der Waals surface area (Å²) >= 11 is 1.77. The lowest BCUT2D eigenvalue weighted by atomic mass is 10.3. The van der Waals surface area contributed by atoms with E-state index in [9.17, 15) is 4.79 Å². The first-order valence-electron chi connectivity index (χ1n) is 9.16. The molecule has 0 saturated carbocycles. The van der Waals surface area contributed by atoms with Gasteiger partial charge in [0.2, 0.25) is 5.91 Å². The Hall–Kier alpha value is -1.49. The van der Waals surface area contributed by atoms with Crippen molar-refractivity contribution in [3.63, 3.8) is 0 Å². The van der Waals surface area contributed by atoms with E-state index in [1.165, 1.54) is 5.52 Å². The Morgan fingerprint density at radius 3 is 2.68 bits per heavy atom. The Labute approximate surface area is 188 Å². The van der Waals surface area contributed by atoms with E-state index in [4.69, 9.17) is 0 Å². The third-order valence-electron chi connectivity index (χ3n) is 4.17. The summed E-state index contributed by atoms with van der Waals surface area (Å²) in [5.41, 5.74) is 2.20. The first-order valence-corrected chi connectivity index (χ1v) is 10.6. The second-order valence-corrected chi connectivity index (χ2v) is 7.44. The highest BCUT2D eigenvalue weighted by Crippen LogP contribution is 2.15. The summed E-state index contributed by atoms with van der Waals surface area (Å²) in [7, 11) is 3.48. The molecule has 0 bridgehead atoms. The fraction of sp³-hybridized carbons (Fsp3) is 0.526. The molecule has 1 heterocycles. The van der Waals surface area contributed by atoms with Crippen LogP contribution in [0.15, 0.2) is 29.3 Å². The van der Waals surface area contributed by atoms with Gasteiger partial charge in [0.15, 0.2) is 5.96 Å². The summed E-state index contributed by atoms with van der Waals surface area (Å²) < 4.78 is 2.24. The molecule has 0 aliphatic rings. The van der Waals surface area contributed by atoms with Crippen LogP contribution in [-0.2, 0) is 11.3 Å². The van der Waals surface area contributed by atoms with Gasteiger partial charge in [0, 0.05) is 39.5 Å². The molecule has 2 rings (SSSR count). The summed E-state index contributed by atoms with van der Waals surface area (Å²) in [5, 5.41) is 6.61. The van der Waals surface area contributed by atoms with Crippen molar-refractivity contribution in [3.8, 4) is 0 Å². The van der Waals surface area contributed by atoms with Gasteiger partial charge in [0.1, 0.15) is 12.4 Å². The summed E-state index contributed by atoms with van der Waals surface area (Å²) in [6.45, 7) is 4.65. The lowest BCUT2D eigenvalue weighted by Gasteiger charge is -2.14. The van der Waals surface area contributed by atoms with Gasteiger partial charge in [-0.1, -0.05) is 12.1 Å². The molecular weight excluding hydrogens is 487 g/mol. The monoisotopic (exact) mass is 518 g/mol. The van der Waals surface area contributed by atoms with E-state index in [0.717, 1.165) is 43.1 Å². The quantitative estimate of drug-likeness (QED) is 0.231. The third kappa shape index (κ3) is 7.50. The first-order chi connectivity index (χ1) is 13.0. The molecule has 0 spiro atoms. The minimum atomic E-state index is -0.0125. The maximum atomic E-state index is 11.8. The van der Waals surface area contributed by atoms with E-state index in [1.54, 1.807) is 30.8 Å². The Morgan fingerprint density at radius 1 is 1.25 bits per heavy atom. The van der Waals surface area contributed by atoms with E-state index in [1.807, 2.05) is 25.1 Å². The molecule has 1 amide bonds. The summed E-state index contributed by atoms with van der Waals surface area (Å²) in [4.78, 5) is 22.3. The molecule has 2 aromatic rings. The largest absolute Gasteiger partial charge is 0.356 e. The standard InChI is InChI=1S/C19H30N6OS.HI/c1-15-23-16-8-5-6-9-17(16)25(15)12-7-10-20-19(21-11-13-27-4)22-14-18(26)24(2)3;/h5-6,8-9H,7,10-14H2,1-4H3,(H2,20,21,22);1H. The highest BCUT2D eigenvalue weighted by molar-refractivity contribution is 14.0. The minimum Gasteiger partial charge on any atom is -0.356 e. The van der Waals surface area contributed by atoms with Crippen LogP contribution in [0.1, 0.15) is 12.2 Å². The van der Waals surface area contributed by atoms with Crippen molar-refractivity contribution in [2.45, 2.75) is 19.9 Å². The topological polar surface area (TPSA) is 74.6 Å². The van der Waals surface area contributed by atoms with Crippen LogP contribution in [0.4, 0.5) is 0 Å². The summed E-state index contributed by atoms with van der Waals surface area (Å²) in [5.74, 6) is 2.69. The van der Waals surface area contributed by atoms with Crippen LogP contribution in [0.3, 0.4) is 0 Å². The molecule has 0 saturated heterocycles. The van der Waals surface area contributed by atoms with Crippen molar-refractivity contribution >= 4 is 58.6 Å². The second kappa shape index (κ2) is 12.9. The number of hydrogen-bond donors (Lipinski definition) is 2. The van der Waals surface area contributed by atoms with Crippen LogP contribution < -0.4 is 10.6 Å². The molecular formula is C19H31IN6OS. The van der Waals surface area contributed by atoms with Gasteiger partial charge in [-0.2, -0.15) is 11.8 Å². The van der Waals surface area contributed by atoms with Gasteiger partial charge in [-0.3, -0.25) is 4.79 Å². The molecule has 9 heteroatoms. The maximum absolute atomic E-state index is 11.8. The molecule has 2 N–H and O–H groups in total. The average Bonchev–Trinajstić information content (AvgIpc) is 2.97. The number of nitrogens with one attached hydrogen (secondary N) is 2. The first kappa shape index (κ1) is 24.5. The fourth-order valence-corrected chi connectivity index (χ4v) is 2.96. The van der Waals surface area contributed by atoms with Crippen LogP contribution >= 0.6 is 35.7 Å². The highest BCUT2D eigenvalue weighted by atomic mass is 127. The number of hydrogen-bond acceptors (Lipinski definition) is 4. The van der Waals surface area contributed by atoms with E-state index >= 15 is 0 Å². The fourth-order valence-electron chi connectivity index (χ4n) is 2.66. The smallest absolute Gasteiger partial charge is 0.243 e. The van der Waals surface area contributed by atoms with Gasteiger partial charge >= 0.3 is 0 Å². The number of likely N-dealkylation sites (N-methyl/N-ethyl adjacent to an activating group) is 1. The minimum absolute atomic E-state index is 0. The third-order valence-corrected chi connectivity index (χ3v) is 4.78. The van der Waals surface area contributed by atoms with Crippen LogP contribution in [0.2, 0.25) is 0 Å². The number of carbonyl (C=O) groups is 1. The van der Waals surface area contributed by atoms with E-state index in [-0.39, 0.29) is 36.4 Å². The molecule has 156 valence electrons.